The van der Waals surface area contributed by atoms with Crippen molar-refractivity contribution in [3.8, 4) is 11.8 Å². The van der Waals surface area contributed by atoms with Gasteiger partial charge >= 0.3 is 0 Å². The van der Waals surface area contributed by atoms with Gasteiger partial charge in [0, 0.05) is 5.41 Å². The van der Waals surface area contributed by atoms with Crippen molar-refractivity contribution in [2.45, 2.75) is 38.5 Å². The highest BCUT2D eigenvalue weighted by Crippen LogP contribution is 2.24. The second-order valence-electron chi connectivity index (χ2n) is 6.68. The van der Waals surface area contributed by atoms with Crippen LogP contribution in [0.3, 0.4) is 0 Å². The second-order valence-corrected chi connectivity index (χ2v) is 6.68. The largest absolute Gasteiger partial charge is 0.0875 e. The van der Waals surface area contributed by atoms with Crippen LogP contribution < -0.4 is 0 Å². The molecule has 2 rings (SSSR count). The molecule has 0 heterocycles. The first kappa shape index (κ1) is 16.1. The summed E-state index contributed by atoms with van der Waals surface area (Å²) in [4.78, 5) is 0. The van der Waals surface area contributed by atoms with Crippen LogP contribution in [0.1, 0.15) is 38.8 Å². The lowest BCUT2D eigenvalue weighted by Crippen LogP contribution is -2.14. The van der Waals surface area contributed by atoms with Crippen LogP contribution in [-0.2, 0) is 10.8 Å². The van der Waals surface area contributed by atoms with Crippen molar-refractivity contribution < 1.29 is 0 Å². The highest BCUT2D eigenvalue weighted by Gasteiger charge is 2.17. The van der Waals surface area contributed by atoms with Crippen LogP contribution in [0.5, 0.6) is 0 Å². The molecule has 0 saturated carbocycles. The van der Waals surface area contributed by atoms with E-state index in [2.05, 4.69) is 94.1 Å². The Morgan fingerprint density at radius 2 is 1.23 bits per heavy atom. The number of hydrogen-bond donors (Lipinski definition) is 0. The van der Waals surface area contributed by atoms with E-state index in [1.807, 2.05) is 18.2 Å². The van der Waals surface area contributed by atoms with Crippen LogP contribution in [0, 0.1) is 11.8 Å². The van der Waals surface area contributed by atoms with Gasteiger partial charge in [-0.05, 0) is 31.1 Å². The third-order valence-corrected chi connectivity index (χ3v) is 3.98. The zero-order valence-corrected chi connectivity index (χ0v) is 13.9. The predicted molar refractivity (Wildman–Crippen MR) is 95.9 cm³/mol. The summed E-state index contributed by atoms with van der Waals surface area (Å²) in [6.45, 7) is 8.74. The molecule has 112 valence electrons. The van der Waals surface area contributed by atoms with Crippen LogP contribution >= 0.6 is 0 Å². The van der Waals surface area contributed by atoms with Crippen molar-refractivity contribution in [1.82, 2.24) is 0 Å². The van der Waals surface area contributed by atoms with Gasteiger partial charge in [0.15, 0.2) is 0 Å². The van der Waals surface area contributed by atoms with E-state index in [1.165, 1.54) is 11.1 Å². The maximum Gasteiger partial charge on any atom is 0.0510 e. The van der Waals surface area contributed by atoms with Gasteiger partial charge in [0.05, 0.1) is 5.41 Å². The van der Waals surface area contributed by atoms with Gasteiger partial charge in [-0.25, -0.2) is 0 Å². The van der Waals surface area contributed by atoms with E-state index in [4.69, 9.17) is 0 Å². The molecule has 0 fully saturated rings. The van der Waals surface area contributed by atoms with Crippen molar-refractivity contribution in [2.75, 3.05) is 0 Å². The first-order valence-electron chi connectivity index (χ1n) is 7.73. The van der Waals surface area contributed by atoms with Gasteiger partial charge in [0.2, 0.25) is 0 Å². The third-order valence-electron chi connectivity index (χ3n) is 3.98. The van der Waals surface area contributed by atoms with E-state index in [-0.39, 0.29) is 10.8 Å². The molecule has 2 aromatic rings. The third kappa shape index (κ3) is 4.12. The number of rotatable bonds is 3. The molecule has 0 saturated heterocycles. The lowest BCUT2D eigenvalue weighted by atomic mass is 9.84. The zero-order chi connectivity index (χ0) is 16.1. The topological polar surface area (TPSA) is 0 Å². The van der Waals surface area contributed by atoms with Crippen molar-refractivity contribution in [2.24, 2.45) is 0 Å². The van der Waals surface area contributed by atoms with Crippen molar-refractivity contribution >= 4 is 0 Å². The zero-order valence-electron chi connectivity index (χ0n) is 13.9. The lowest BCUT2D eigenvalue weighted by molar-refractivity contribution is 0.670. The summed E-state index contributed by atoms with van der Waals surface area (Å²) in [5, 5.41) is 0. The van der Waals surface area contributed by atoms with E-state index < -0.39 is 0 Å². The standard InChI is InChI=1S/C22H24/c1-21(2,19-13-7-5-8-14-19)17-11-12-18-22(3,4)20-15-9-6-10-16-20/h5-11,13-17H,1-4H3/b17-11+. The number of hydrogen-bond acceptors (Lipinski definition) is 0. The Balaban J connectivity index is 2.13. The summed E-state index contributed by atoms with van der Waals surface area (Å²) in [7, 11) is 0. The molecule has 0 aliphatic carbocycles. The first-order chi connectivity index (χ1) is 10.4. The van der Waals surface area contributed by atoms with Crippen molar-refractivity contribution in [3.05, 3.63) is 83.9 Å². The van der Waals surface area contributed by atoms with Crippen LogP contribution in [0.4, 0.5) is 0 Å². The Labute approximate surface area is 134 Å². The molecule has 0 aliphatic rings. The molecule has 0 aliphatic heterocycles. The Kier molecular flexibility index (Phi) is 4.88. The van der Waals surface area contributed by atoms with Crippen LogP contribution in [0.25, 0.3) is 0 Å². The Bertz CT molecular complexity index is 677. The number of benzene rings is 2. The van der Waals surface area contributed by atoms with Crippen LogP contribution in [0.15, 0.2) is 72.8 Å². The van der Waals surface area contributed by atoms with Gasteiger partial charge in [-0.2, -0.15) is 0 Å². The second kappa shape index (κ2) is 6.67. The fraction of sp³-hybridized carbons (Fsp3) is 0.273. The highest BCUT2D eigenvalue weighted by atomic mass is 14.2. The van der Waals surface area contributed by atoms with E-state index in [9.17, 15) is 0 Å². The maximum atomic E-state index is 3.36. The SMILES string of the molecule is CC(C)(C#C/C=C/C(C)(C)c1ccccc1)c1ccccc1. The monoisotopic (exact) mass is 288 g/mol. The molecule has 0 atom stereocenters. The molecule has 0 bridgehead atoms. The molecule has 0 aromatic heterocycles. The Morgan fingerprint density at radius 1 is 0.727 bits per heavy atom. The average Bonchev–Trinajstić information content (AvgIpc) is 2.53. The predicted octanol–water partition coefficient (Wildman–Crippen LogP) is 5.50. The molecule has 22 heavy (non-hydrogen) atoms. The van der Waals surface area contributed by atoms with Gasteiger partial charge in [0.25, 0.3) is 0 Å². The molecule has 0 amide bonds. The molecule has 2 aromatic carbocycles. The minimum absolute atomic E-state index is 0.00711. The normalized spacial score (nSPS) is 12.0. The minimum atomic E-state index is -0.136. The Morgan fingerprint density at radius 3 is 1.77 bits per heavy atom. The van der Waals surface area contributed by atoms with Gasteiger partial charge in [-0.15, -0.1) is 0 Å². The van der Waals surface area contributed by atoms with Gasteiger partial charge < -0.3 is 0 Å². The van der Waals surface area contributed by atoms with Crippen LogP contribution in [0.2, 0.25) is 0 Å². The van der Waals surface area contributed by atoms with E-state index in [1.54, 1.807) is 0 Å². The van der Waals surface area contributed by atoms with E-state index in [0.29, 0.717) is 0 Å². The summed E-state index contributed by atoms with van der Waals surface area (Å²) in [6, 6.07) is 20.9. The van der Waals surface area contributed by atoms with E-state index >= 15 is 0 Å². The molecule has 0 N–H and O–H groups in total. The summed E-state index contributed by atoms with van der Waals surface area (Å²) in [5.41, 5.74) is 2.41. The molecule has 0 nitrogen and oxygen atoms in total. The van der Waals surface area contributed by atoms with Gasteiger partial charge in [-0.3, -0.25) is 0 Å². The lowest BCUT2D eigenvalue weighted by Gasteiger charge is -2.20. The van der Waals surface area contributed by atoms with Crippen molar-refractivity contribution in [3.63, 3.8) is 0 Å². The molecule has 0 heteroatoms. The molecule has 0 spiro atoms. The number of allylic oxidation sites excluding steroid dienone is 2. The van der Waals surface area contributed by atoms with E-state index in [0.717, 1.165) is 0 Å². The fourth-order valence-corrected chi connectivity index (χ4v) is 2.36. The van der Waals surface area contributed by atoms with Crippen LogP contribution in [-0.4, -0.2) is 0 Å². The van der Waals surface area contributed by atoms with Gasteiger partial charge in [0.1, 0.15) is 0 Å². The smallest absolute Gasteiger partial charge is 0.0510 e. The van der Waals surface area contributed by atoms with Crippen molar-refractivity contribution in [1.29, 1.82) is 0 Å². The maximum absolute atomic E-state index is 3.36. The first-order valence-corrected chi connectivity index (χ1v) is 7.73. The highest BCUT2D eigenvalue weighted by molar-refractivity contribution is 5.37. The molecule has 0 radical (unpaired) electrons. The Hall–Kier alpha value is -2.26. The van der Waals surface area contributed by atoms with Gasteiger partial charge in [-0.1, -0.05) is 92.4 Å². The quantitative estimate of drug-likeness (QED) is 0.654. The molecular weight excluding hydrogens is 264 g/mol. The molecule has 0 unspecified atom stereocenters. The summed E-state index contributed by atoms with van der Waals surface area (Å²) >= 11 is 0. The summed E-state index contributed by atoms with van der Waals surface area (Å²) in [6.07, 6.45) is 4.16. The average molecular weight is 288 g/mol. The molecular formula is C22H24. The fourth-order valence-electron chi connectivity index (χ4n) is 2.36. The summed E-state index contributed by atoms with van der Waals surface area (Å²) < 4.78 is 0. The summed E-state index contributed by atoms with van der Waals surface area (Å²) in [5.74, 6) is 6.58. The minimum Gasteiger partial charge on any atom is -0.0875 e.